The summed E-state index contributed by atoms with van der Waals surface area (Å²) in [6.45, 7) is 0.789. The maximum atomic E-state index is 13.3. The molecular weight excluding hydrogens is 316 g/mol. The van der Waals surface area contributed by atoms with Crippen LogP contribution in [0.5, 0.6) is 0 Å². The van der Waals surface area contributed by atoms with Gasteiger partial charge in [-0.15, -0.1) is 0 Å². The SMILES string of the molecule is O=C(O)[C@H]1CN(C(=O)C2CC2c2ccc(F)c(F)c2)C[C@@H]1C1CC1. The topological polar surface area (TPSA) is 57.6 Å². The number of carboxylic acids is 1. The van der Waals surface area contributed by atoms with Crippen molar-refractivity contribution in [1.82, 2.24) is 4.90 Å². The Kier molecular flexibility index (Phi) is 3.58. The van der Waals surface area contributed by atoms with E-state index in [1.807, 2.05) is 0 Å². The molecule has 4 nitrogen and oxygen atoms in total. The Bertz CT molecular complexity index is 704. The van der Waals surface area contributed by atoms with E-state index in [9.17, 15) is 23.5 Å². The molecule has 3 fully saturated rings. The van der Waals surface area contributed by atoms with Gasteiger partial charge in [0.2, 0.25) is 5.91 Å². The lowest BCUT2D eigenvalue weighted by molar-refractivity contribution is -0.142. The third-order valence-electron chi connectivity index (χ3n) is 5.70. The van der Waals surface area contributed by atoms with Crippen molar-refractivity contribution in [1.29, 1.82) is 0 Å². The lowest BCUT2D eigenvalue weighted by atomic mass is 9.92. The van der Waals surface area contributed by atoms with Gasteiger partial charge in [0.25, 0.3) is 0 Å². The highest BCUT2D eigenvalue weighted by Crippen LogP contribution is 2.50. The number of carboxylic acid groups (broad SMARTS) is 1. The van der Waals surface area contributed by atoms with Crippen LogP contribution in [0, 0.1) is 35.3 Å². The molecule has 1 aromatic rings. The minimum absolute atomic E-state index is 0.0425. The fourth-order valence-corrected chi connectivity index (χ4v) is 4.09. The number of carbonyl (C=O) groups excluding carboxylic acids is 1. The summed E-state index contributed by atoms with van der Waals surface area (Å²) >= 11 is 0. The Balaban J connectivity index is 1.43. The van der Waals surface area contributed by atoms with Gasteiger partial charge in [-0.2, -0.15) is 0 Å². The monoisotopic (exact) mass is 335 g/mol. The summed E-state index contributed by atoms with van der Waals surface area (Å²) in [5.74, 6) is -2.95. The molecule has 1 aliphatic heterocycles. The maximum Gasteiger partial charge on any atom is 0.308 e. The fraction of sp³-hybridized carbons (Fsp3) is 0.556. The van der Waals surface area contributed by atoms with Crippen molar-refractivity contribution < 1.29 is 23.5 Å². The number of rotatable bonds is 4. The van der Waals surface area contributed by atoms with E-state index in [1.54, 1.807) is 4.90 Å². The predicted molar refractivity (Wildman–Crippen MR) is 81.1 cm³/mol. The van der Waals surface area contributed by atoms with Crippen molar-refractivity contribution in [3.8, 4) is 0 Å². The molecule has 1 N–H and O–H groups in total. The Morgan fingerprint density at radius 2 is 1.83 bits per heavy atom. The molecule has 0 radical (unpaired) electrons. The highest BCUT2D eigenvalue weighted by atomic mass is 19.2. The Morgan fingerprint density at radius 3 is 2.46 bits per heavy atom. The zero-order valence-corrected chi connectivity index (χ0v) is 13.1. The van der Waals surface area contributed by atoms with Gasteiger partial charge in [-0.05, 0) is 54.7 Å². The molecule has 0 aromatic heterocycles. The number of benzene rings is 1. The molecule has 1 heterocycles. The smallest absolute Gasteiger partial charge is 0.308 e. The van der Waals surface area contributed by atoms with E-state index < -0.39 is 23.5 Å². The van der Waals surface area contributed by atoms with E-state index in [2.05, 4.69) is 0 Å². The highest BCUT2D eigenvalue weighted by Gasteiger charge is 2.51. The Hall–Kier alpha value is -1.98. The zero-order chi connectivity index (χ0) is 17.0. The van der Waals surface area contributed by atoms with E-state index in [-0.39, 0.29) is 30.2 Å². The van der Waals surface area contributed by atoms with Gasteiger partial charge < -0.3 is 10.0 Å². The lowest BCUT2D eigenvalue weighted by Gasteiger charge is -2.16. The summed E-state index contributed by atoms with van der Waals surface area (Å²) in [6, 6.07) is 3.77. The predicted octanol–water partition coefficient (Wildman–Crippen LogP) is 2.64. The van der Waals surface area contributed by atoms with Crippen LogP contribution in [0.4, 0.5) is 8.78 Å². The van der Waals surface area contributed by atoms with E-state index >= 15 is 0 Å². The summed E-state index contributed by atoms with van der Waals surface area (Å²) in [7, 11) is 0. The normalized spacial score (nSPS) is 32.0. The van der Waals surface area contributed by atoms with E-state index in [0.717, 1.165) is 25.0 Å². The van der Waals surface area contributed by atoms with Crippen molar-refractivity contribution in [2.45, 2.75) is 25.2 Å². The van der Waals surface area contributed by atoms with Gasteiger partial charge in [-0.1, -0.05) is 6.07 Å². The summed E-state index contributed by atoms with van der Waals surface area (Å²) in [6.07, 6.45) is 2.72. The van der Waals surface area contributed by atoms with E-state index in [4.69, 9.17) is 0 Å². The quantitative estimate of drug-likeness (QED) is 0.920. The van der Waals surface area contributed by atoms with Crippen molar-refractivity contribution in [3.63, 3.8) is 0 Å². The first-order chi connectivity index (χ1) is 11.5. The number of amides is 1. The van der Waals surface area contributed by atoms with Crippen LogP contribution in [-0.4, -0.2) is 35.0 Å². The van der Waals surface area contributed by atoms with E-state index in [1.165, 1.54) is 6.07 Å². The van der Waals surface area contributed by atoms with Crippen molar-refractivity contribution in [2.75, 3.05) is 13.1 Å². The molecule has 6 heteroatoms. The standard InChI is InChI=1S/C18H19F2NO3/c19-15-4-3-10(5-16(15)20)11-6-12(11)17(22)21-7-13(9-1-2-9)14(8-21)18(23)24/h3-5,9,11-14H,1-2,6-8H2,(H,23,24)/t11?,12?,13-,14+/m1/s1. The number of hydrogen-bond donors (Lipinski definition) is 1. The molecular formula is C18H19F2NO3. The lowest BCUT2D eigenvalue weighted by Crippen LogP contribution is -2.31. The molecule has 0 spiro atoms. The molecule has 2 saturated carbocycles. The number of nitrogens with zero attached hydrogens (tertiary/aromatic N) is 1. The van der Waals surface area contributed by atoms with Crippen LogP contribution >= 0.6 is 0 Å². The molecule has 1 aromatic carbocycles. The Labute approximate surface area is 138 Å². The fourth-order valence-electron chi connectivity index (χ4n) is 4.09. The molecule has 128 valence electrons. The first-order valence-electron chi connectivity index (χ1n) is 8.42. The van der Waals surface area contributed by atoms with Crippen LogP contribution in [0.2, 0.25) is 0 Å². The minimum atomic E-state index is -0.897. The highest BCUT2D eigenvalue weighted by molar-refractivity contribution is 5.84. The summed E-state index contributed by atoms with van der Waals surface area (Å²) < 4.78 is 26.4. The van der Waals surface area contributed by atoms with Gasteiger partial charge in [0, 0.05) is 19.0 Å². The van der Waals surface area contributed by atoms with Gasteiger partial charge in [0.15, 0.2) is 11.6 Å². The molecule has 24 heavy (non-hydrogen) atoms. The number of hydrogen-bond acceptors (Lipinski definition) is 2. The first-order valence-corrected chi connectivity index (χ1v) is 8.42. The first kappa shape index (κ1) is 15.5. The molecule has 2 unspecified atom stereocenters. The Morgan fingerprint density at radius 1 is 1.08 bits per heavy atom. The largest absolute Gasteiger partial charge is 0.481 e. The van der Waals surface area contributed by atoms with Gasteiger partial charge in [-0.25, -0.2) is 8.78 Å². The van der Waals surface area contributed by atoms with Crippen LogP contribution in [0.15, 0.2) is 18.2 Å². The van der Waals surface area contributed by atoms with Crippen LogP contribution in [0.1, 0.15) is 30.7 Å². The molecule has 0 bridgehead atoms. The molecule has 1 saturated heterocycles. The third-order valence-corrected chi connectivity index (χ3v) is 5.70. The van der Waals surface area contributed by atoms with Crippen LogP contribution in [0.25, 0.3) is 0 Å². The average Bonchev–Trinajstić information content (AvgIpc) is 3.46. The third kappa shape index (κ3) is 2.68. The molecule has 2 aliphatic carbocycles. The molecule has 4 atom stereocenters. The van der Waals surface area contributed by atoms with Crippen molar-refractivity contribution >= 4 is 11.9 Å². The zero-order valence-electron chi connectivity index (χ0n) is 13.1. The number of halogens is 2. The van der Waals surface area contributed by atoms with Crippen molar-refractivity contribution in [3.05, 3.63) is 35.4 Å². The van der Waals surface area contributed by atoms with Gasteiger partial charge >= 0.3 is 5.97 Å². The van der Waals surface area contributed by atoms with Crippen LogP contribution in [-0.2, 0) is 9.59 Å². The number of likely N-dealkylation sites (tertiary alicyclic amines) is 1. The van der Waals surface area contributed by atoms with Crippen LogP contribution in [0.3, 0.4) is 0 Å². The average molecular weight is 335 g/mol. The van der Waals surface area contributed by atoms with Gasteiger partial charge in [0.05, 0.1) is 5.92 Å². The minimum Gasteiger partial charge on any atom is -0.481 e. The van der Waals surface area contributed by atoms with Gasteiger partial charge in [0.1, 0.15) is 0 Å². The second kappa shape index (κ2) is 5.53. The molecule has 1 amide bonds. The number of aliphatic carboxylic acids is 1. The second-order valence-electron chi connectivity index (χ2n) is 7.31. The summed E-state index contributed by atoms with van der Waals surface area (Å²) in [4.78, 5) is 25.8. The second-order valence-corrected chi connectivity index (χ2v) is 7.31. The van der Waals surface area contributed by atoms with Crippen LogP contribution < -0.4 is 0 Å². The number of carbonyl (C=O) groups is 2. The van der Waals surface area contributed by atoms with Gasteiger partial charge in [-0.3, -0.25) is 9.59 Å². The molecule has 4 rings (SSSR count). The maximum absolute atomic E-state index is 13.3. The molecule has 3 aliphatic rings. The summed E-state index contributed by atoms with van der Waals surface area (Å²) in [5, 5.41) is 9.39. The van der Waals surface area contributed by atoms with Crippen molar-refractivity contribution in [2.24, 2.45) is 23.7 Å². The van der Waals surface area contributed by atoms with E-state index in [0.29, 0.717) is 24.4 Å². The summed E-state index contributed by atoms with van der Waals surface area (Å²) in [5.41, 5.74) is 0.639.